The lowest BCUT2D eigenvalue weighted by Crippen LogP contribution is -2.34. The standard InChI is InChI=1S/C18H19ClN4O4S/c19-15-6-5-14(28-15)17(24)21-9-13-10-23(18(25)27-13)12-3-1-11(2-4-12)16-20-7-8-26-22-16/h1-6,13,18,25H,7-10H2,(H,20,22)(H,21,24). The van der Waals surface area contributed by atoms with E-state index in [4.69, 9.17) is 21.2 Å². The number of hydroxylamine groups is 1. The minimum atomic E-state index is -1.07. The first-order valence-electron chi connectivity index (χ1n) is 8.76. The van der Waals surface area contributed by atoms with Crippen LogP contribution in [0, 0.1) is 0 Å². The summed E-state index contributed by atoms with van der Waals surface area (Å²) in [7, 11) is 0. The van der Waals surface area contributed by atoms with Gasteiger partial charge in [0.05, 0.1) is 35.0 Å². The highest BCUT2D eigenvalue weighted by Crippen LogP contribution is 2.24. The molecular formula is C18H19ClN4O4S. The zero-order chi connectivity index (χ0) is 19.5. The number of aliphatic hydroxyl groups is 1. The lowest BCUT2D eigenvalue weighted by atomic mass is 10.1. The van der Waals surface area contributed by atoms with Gasteiger partial charge in [0, 0.05) is 17.8 Å². The van der Waals surface area contributed by atoms with E-state index in [-0.39, 0.29) is 18.6 Å². The number of amidine groups is 1. The number of carbonyl (C=O) groups is 1. The monoisotopic (exact) mass is 422 g/mol. The number of aliphatic imine (C=N–C) groups is 1. The molecule has 3 heterocycles. The normalized spacial score (nSPS) is 21.9. The number of benzene rings is 1. The maximum Gasteiger partial charge on any atom is 0.261 e. The number of carbonyl (C=O) groups excluding carboxylic acids is 1. The van der Waals surface area contributed by atoms with Crippen molar-refractivity contribution in [2.24, 2.45) is 4.99 Å². The molecule has 1 aromatic heterocycles. The minimum Gasteiger partial charge on any atom is -0.351 e. The van der Waals surface area contributed by atoms with Crippen molar-refractivity contribution in [3.8, 4) is 0 Å². The molecule has 0 radical (unpaired) electrons. The van der Waals surface area contributed by atoms with Crippen molar-refractivity contribution >= 4 is 40.4 Å². The Morgan fingerprint density at radius 2 is 2.18 bits per heavy atom. The second kappa shape index (κ2) is 8.46. The lowest BCUT2D eigenvalue weighted by molar-refractivity contribution is -0.0868. The number of thiophene rings is 1. The van der Waals surface area contributed by atoms with E-state index in [0.717, 1.165) is 11.3 Å². The molecule has 4 rings (SSSR count). The summed E-state index contributed by atoms with van der Waals surface area (Å²) in [6.07, 6.45) is -1.40. The van der Waals surface area contributed by atoms with Gasteiger partial charge in [0.1, 0.15) is 0 Å². The average molecular weight is 423 g/mol. The molecule has 28 heavy (non-hydrogen) atoms. The highest BCUT2D eigenvalue weighted by Gasteiger charge is 2.32. The molecule has 1 fully saturated rings. The van der Waals surface area contributed by atoms with E-state index in [1.165, 1.54) is 11.3 Å². The van der Waals surface area contributed by atoms with Crippen molar-refractivity contribution in [1.82, 2.24) is 10.8 Å². The number of ether oxygens (including phenoxy) is 1. The van der Waals surface area contributed by atoms with Gasteiger partial charge in [-0.15, -0.1) is 11.3 Å². The number of nitrogens with one attached hydrogen (secondary N) is 2. The summed E-state index contributed by atoms with van der Waals surface area (Å²) in [5, 5.41) is 13.0. The van der Waals surface area contributed by atoms with Crippen LogP contribution in [0.1, 0.15) is 15.2 Å². The highest BCUT2D eigenvalue weighted by molar-refractivity contribution is 7.17. The molecule has 148 valence electrons. The zero-order valence-electron chi connectivity index (χ0n) is 14.8. The Morgan fingerprint density at radius 1 is 1.36 bits per heavy atom. The summed E-state index contributed by atoms with van der Waals surface area (Å²) in [6.45, 7) is 1.91. The van der Waals surface area contributed by atoms with E-state index >= 15 is 0 Å². The number of aliphatic hydroxyl groups excluding tert-OH is 1. The summed E-state index contributed by atoms with van der Waals surface area (Å²) in [5.74, 6) is 0.478. The van der Waals surface area contributed by atoms with E-state index in [1.54, 1.807) is 17.0 Å². The fourth-order valence-corrected chi connectivity index (χ4v) is 3.95. The van der Waals surface area contributed by atoms with Crippen molar-refractivity contribution in [1.29, 1.82) is 0 Å². The number of hydrogen-bond donors (Lipinski definition) is 3. The van der Waals surface area contributed by atoms with E-state index < -0.39 is 6.41 Å². The van der Waals surface area contributed by atoms with Crippen molar-refractivity contribution in [3.05, 3.63) is 51.2 Å². The van der Waals surface area contributed by atoms with Crippen molar-refractivity contribution < 1.29 is 19.5 Å². The van der Waals surface area contributed by atoms with E-state index in [0.29, 0.717) is 34.7 Å². The molecular weight excluding hydrogens is 404 g/mol. The van der Waals surface area contributed by atoms with Crippen molar-refractivity contribution in [2.45, 2.75) is 12.5 Å². The third-order valence-electron chi connectivity index (χ3n) is 4.37. The molecule has 1 saturated heterocycles. The Kier molecular flexibility index (Phi) is 5.79. The molecule has 1 amide bonds. The molecule has 0 bridgehead atoms. The van der Waals surface area contributed by atoms with Gasteiger partial charge in [-0.2, -0.15) is 0 Å². The topological polar surface area (TPSA) is 95.4 Å². The van der Waals surface area contributed by atoms with Gasteiger partial charge in [-0.1, -0.05) is 11.6 Å². The molecule has 0 saturated carbocycles. The molecule has 8 nitrogen and oxygen atoms in total. The first-order chi connectivity index (χ1) is 13.6. The van der Waals surface area contributed by atoms with Gasteiger partial charge >= 0.3 is 0 Å². The molecule has 0 aliphatic carbocycles. The van der Waals surface area contributed by atoms with E-state index in [1.807, 2.05) is 24.3 Å². The smallest absolute Gasteiger partial charge is 0.261 e. The summed E-state index contributed by atoms with van der Waals surface area (Å²) < 4.78 is 6.12. The van der Waals surface area contributed by atoms with Crippen LogP contribution < -0.4 is 15.7 Å². The van der Waals surface area contributed by atoms with Crippen LogP contribution in [0.3, 0.4) is 0 Å². The first kappa shape index (κ1) is 19.2. The Balaban J connectivity index is 1.34. The van der Waals surface area contributed by atoms with Crippen LogP contribution in [0.4, 0.5) is 5.69 Å². The number of halogens is 1. The van der Waals surface area contributed by atoms with E-state index in [2.05, 4.69) is 15.8 Å². The SMILES string of the molecule is O=C(NCC1CN(c2ccc(C3=NCCON3)cc2)C(O)O1)c1ccc(Cl)s1. The van der Waals surface area contributed by atoms with Gasteiger partial charge in [0.2, 0.25) is 6.41 Å². The summed E-state index contributed by atoms with van der Waals surface area (Å²) in [5.41, 5.74) is 4.51. The average Bonchev–Trinajstić information content (AvgIpc) is 3.32. The minimum absolute atomic E-state index is 0.208. The number of anilines is 1. The maximum atomic E-state index is 12.1. The maximum absolute atomic E-state index is 12.1. The molecule has 1 aromatic carbocycles. The van der Waals surface area contributed by atoms with Crippen LogP contribution in [0.5, 0.6) is 0 Å². The molecule has 2 unspecified atom stereocenters. The van der Waals surface area contributed by atoms with Crippen LogP contribution in [-0.2, 0) is 9.57 Å². The summed E-state index contributed by atoms with van der Waals surface area (Å²) in [4.78, 5) is 23.9. The largest absolute Gasteiger partial charge is 0.351 e. The Morgan fingerprint density at radius 3 is 2.86 bits per heavy atom. The van der Waals surface area contributed by atoms with Crippen LogP contribution in [-0.4, -0.2) is 55.6 Å². The lowest BCUT2D eigenvalue weighted by Gasteiger charge is -2.21. The molecule has 2 aromatic rings. The Hall–Kier alpha value is -2.17. The van der Waals surface area contributed by atoms with Gasteiger partial charge in [-0.3, -0.25) is 14.6 Å². The fourth-order valence-electron chi connectivity index (χ4n) is 2.99. The number of rotatable bonds is 5. The third-order valence-corrected chi connectivity index (χ3v) is 5.60. The predicted molar refractivity (Wildman–Crippen MR) is 107 cm³/mol. The van der Waals surface area contributed by atoms with Crippen LogP contribution in [0.25, 0.3) is 0 Å². The van der Waals surface area contributed by atoms with E-state index in [9.17, 15) is 9.90 Å². The zero-order valence-corrected chi connectivity index (χ0v) is 16.4. The van der Waals surface area contributed by atoms with Gasteiger partial charge in [-0.05, 0) is 36.4 Å². The molecule has 2 aliphatic heterocycles. The third kappa shape index (κ3) is 4.29. The number of nitrogens with zero attached hydrogens (tertiary/aromatic N) is 2. The van der Waals surface area contributed by atoms with Gasteiger partial charge in [0.25, 0.3) is 5.91 Å². The van der Waals surface area contributed by atoms with Crippen LogP contribution >= 0.6 is 22.9 Å². The fraction of sp³-hybridized carbons (Fsp3) is 0.333. The molecule has 10 heteroatoms. The van der Waals surface area contributed by atoms with Gasteiger partial charge in [0.15, 0.2) is 5.84 Å². The quantitative estimate of drug-likeness (QED) is 0.677. The molecule has 2 atom stereocenters. The number of amides is 1. The summed E-state index contributed by atoms with van der Waals surface area (Å²) in [6, 6.07) is 10.9. The Bertz CT molecular complexity index is 873. The second-order valence-corrected chi connectivity index (χ2v) is 7.99. The summed E-state index contributed by atoms with van der Waals surface area (Å²) >= 11 is 7.07. The molecule has 3 N–H and O–H groups in total. The predicted octanol–water partition coefficient (Wildman–Crippen LogP) is 1.59. The highest BCUT2D eigenvalue weighted by atomic mass is 35.5. The molecule has 2 aliphatic rings. The van der Waals surface area contributed by atoms with Gasteiger partial charge in [-0.25, -0.2) is 5.48 Å². The van der Waals surface area contributed by atoms with Crippen LogP contribution in [0.15, 0.2) is 41.4 Å². The van der Waals surface area contributed by atoms with Crippen LogP contribution in [0.2, 0.25) is 4.34 Å². The molecule has 0 spiro atoms. The number of hydrogen-bond acceptors (Lipinski definition) is 8. The second-order valence-electron chi connectivity index (χ2n) is 6.28. The Labute approximate surface area is 170 Å². The van der Waals surface area contributed by atoms with Gasteiger partial charge < -0.3 is 20.1 Å². The van der Waals surface area contributed by atoms with Crippen molar-refractivity contribution in [2.75, 3.05) is 31.1 Å². The first-order valence-corrected chi connectivity index (χ1v) is 9.96. The van der Waals surface area contributed by atoms with Crippen molar-refractivity contribution in [3.63, 3.8) is 0 Å².